The van der Waals surface area contributed by atoms with E-state index in [1.54, 1.807) is 18.4 Å². The molecule has 0 amide bonds. The average molecular weight is 351 g/mol. The van der Waals surface area contributed by atoms with Gasteiger partial charge in [0.25, 0.3) is 0 Å². The van der Waals surface area contributed by atoms with E-state index in [1.165, 1.54) is 31.6 Å². The second kappa shape index (κ2) is 7.15. The number of rotatable bonds is 5. The molecule has 1 fully saturated rings. The first kappa shape index (κ1) is 16.0. The molecule has 3 aromatic rings. The van der Waals surface area contributed by atoms with E-state index < -0.39 is 0 Å². The Morgan fingerprint density at radius 2 is 1.88 bits per heavy atom. The highest BCUT2D eigenvalue weighted by Crippen LogP contribution is 2.30. The fourth-order valence-electron chi connectivity index (χ4n) is 3.11. The molecule has 4 nitrogen and oxygen atoms in total. The number of hydrogen-bond donors (Lipinski definition) is 1. The number of ether oxygens (including phenoxy) is 1. The first-order valence-corrected chi connectivity index (χ1v) is 9.42. The number of thiazole rings is 1. The third-order valence-electron chi connectivity index (χ3n) is 4.46. The molecule has 0 unspecified atom stereocenters. The number of methoxy groups -OCH3 is 1. The van der Waals surface area contributed by atoms with Gasteiger partial charge in [-0.2, -0.15) is 0 Å². The van der Waals surface area contributed by atoms with E-state index in [4.69, 9.17) is 9.72 Å². The summed E-state index contributed by atoms with van der Waals surface area (Å²) >= 11 is 1.61. The fraction of sp³-hybridized carbons (Fsp3) is 0.250. The largest absolute Gasteiger partial charge is 0.497 e. The van der Waals surface area contributed by atoms with Gasteiger partial charge in [0.15, 0.2) is 5.13 Å². The van der Waals surface area contributed by atoms with Gasteiger partial charge in [-0.3, -0.25) is 0 Å². The third kappa shape index (κ3) is 3.61. The normalized spacial score (nSPS) is 13.9. The molecular formula is C20H21N3OS. The van der Waals surface area contributed by atoms with Crippen LogP contribution in [0.5, 0.6) is 5.75 Å². The van der Waals surface area contributed by atoms with E-state index in [9.17, 15) is 0 Å². The minimum Gasteiger partial charge on any atom is -0.497 e. The lowest BCUT2D eigenvalue weighted by Gasteiger charge is -2.17. The van der Waals surface area contributed by atoms with Crippen LogP contribution in [-0.4, -0.2) is 25.2 Å². The Morgan fingerprint density at radius 1 is 1.08 bits per heavy atom. The van der Waals surface area contributed by atoms with Gasteiger partial charge < -0.3 is 15.0 Å². The summed E-state index contributed by atoms with van der Waals surface area (Å²) in [6.45, 7) is 2.34. The summed E-state index contributed by atoms with van der Waals surface area (Å²) in [5.74, 6) is 0.833. The minimum absolute atomic E-state index is 0.833. The second-order valence-electron chi connectivity index (χ2n) is 6.14. The van der Waals surface area contributed by atoms with Gasteiger partial charge in [-0.1, -0.05) is 18.2 Å². The lowest BCUT2D eigenvalue weighted by Crippen LogP contribution is -2.17. The van der Waals surface area contributed by atoms with Gasteiger partial charge >= 0.3 is 0 Å². The molecule has 1 saturated heterocycles. The van der Waals surface area contributed by atoms with Crippen molar-refractivity contribution in [2.24, 2.45) is 0 Å². The molecule has 1 aliphatic heterocycles. The Balaban J connectivity index is 1.48. The van der Waals surface area contributed by atoms with Crippen LogP contribution in [0.4, 0.5) is 16.5 Å². The van der Waals surface area contributed by atoms with Crippen molar-refractivity contribution in [1.82, 2.24) is 4.98 Å². The van der Waals surface area contributed by atoms with Crippen molar-refractivity contribution in [2.45, 2.75) is 12.8 Å². The van der Waals surface area contributed by atoms with Gasteiger partial charge in [-0.25, -0.2) is 4.98 Å². The van der Waals surface area contributed by atoms with Crippen LogP contribution in [0, 0.1) is 0 Å². The lowest BCUT2D eigenvalue weighted by molar-refractivity contribution is 0.415. The molecule has 25 heavy (non-hydrogen) atoms. The maximum absolute atomic E-state index is 5.26. The zero-order chi connectivity index (χ0) is 17.1. The van der Waals surface area contributed by atoms with E-state index in [2.05, 4.69) is 39.9 Å². The summed E-state index contributed by atoms with van der Waals surface area (Å²) in [4.78, 5) is 7.16. The van der Waals surface area contributed by atoms with Crippen molar-refractivity contribution in [3.8, 4) is 17.0 Å². The average Bonchev–Trinajstić information content (AvgIpc) is 3.34. The van der Waals surface area contributed by atoms with Crippen molar-refractivity contribution in [2.75, 3.05) is 30.4 Å². The Bertz CT molecular complexity index is 838. The van der Waals surface area contributed by atoms with Gasteiger partial charge in [0.1, 0.15) is 5.75 Å². The van der Waals surface area contributed by atoms with E-state index >= 15 is 0 Å². The van der Waals surface area contributed by atoms with Gasteiger partial charge in [0, 0.05) is 41.5 Å². The third-order valence-corrected chi connectivity index (χ3v) is 5.22. The molecule has 5 heteroatoms. The SMILES string of the molecule is COc1cccc(Nc2nc(-c3ccc(N4CCCC4)cc3)cs2)c1. The van der Waals surface area contributed by atoms with Gasteiger partial charge in [0.05, 0.1) is 12.8 Å². The molecule has 1 aromatic heterocycles. The Labute approximate surface area is 152 Å². The molecule has 128 valence electrons. The van der Waals surface area contributed by atoms with Crippen molar-refractivity contribution < 1.29 is 4.74 Å². The Kier molecular flexibility index (Phi) is 4.57. The number of nitrogens with one attached hydrogen (secondary N) is 1. The summed E-state index contributed by atoms with van der Waals surface area (Å²) in [5, 5.41) is 6.32. The summed E-state index contributed by atoms with van der Waals surface area (Å²) in [5.41, 5.74) is 4.44. The van der Waals surface area contributed by atoms with Crippen molar-refractivity contribution >= 4 is 27.8 Å². The maximum atomic E-state index is 5.26. The number of benzene rings is 2. The predicted octanol–water partition coefficient (Wildman–Crippen LogP) is 5.16. The fourth-order valence-corrected chi connectivity index (χ4v) is 3.85. The smallest absolute Gasteiger partial charge is 0.187 e. The number of anilines is 3. The molecule has 2 aromatic carbocycles. The molecule has 1 N–H and O–H groups in total. The summed E-state index contributed by atoms with van der Waals surface area (Å²) < 4.78 is 5.26. The summed E-state index contributed by atoms with van der Waals surface area (Å²) in [6.07, 6.45) is 2.60. The van der Waals surface area contributed by atoms with E-state index in [1.807, 2.05) is 24.3 Å². The van der Waals surface area contributed by atoms with Crippen molar-refractivity contribution in [1.29, 1.82) is 0 Å². The molecular weight excluding hydrogens is 330 g/mol. The highest BCUT2D eigenvalue weighted by atomic mass is 32.1. The molecule has 0 atom stereocenters. The van der Waals surface area contributed by atoms with Crippen LogP contribution in [0.2, 0.25) is 0 Å². The van der Waals surface area contributed by atoms with Crippen LogP contribution in [0.3, 0.4) is 0 Å². The zero-order valence-electron chi connectivity index (χ0n) is 14.2. The first-order valence-electron chi connectivity index (χ1n) is 8.54. The van der Waals surface area contributed by atoms with Crippen LogP contribution in [0.15, 0.2) is 53.9 Å². The Morgan fingerprint density at radius 3 is 2.64 bits per heavy atom. The second-order valence-corrected chi connectivity index (χ2v) is 6.99. The Hall–Kier alpha value is -2.53. The highest BCUT2D eigenvalue weighted by molar-refractivity contribution is 7.14. The molecule has 1 aliphatic rings. The number of nitrogens with zero attached hydrogens (tertiary/aromatic N) is 2. The van der Waals surface area contributed by atoms with Crippen LogP contribution >= 0.6 is 11.3 Å². The zero-order valence-corrected chi connectivity index (χ0v) is 15.1. The molecule has 0 spiro atoms. The maximum Gasteiger partial charge on any atom is 0.187 e. The minimum atomic E-state index is 0.833. The van der Waals surface area contributed by atoms with Crippen molar-refractivity contribution in [3.05, 3.63) is 53.9 Å². The van der Waals surface area contributed by atoms with Gasteiger partial charge in [-0.15, -0.1) is 11.3 Å². The standard InChI is InChI=1S/C20H21N3OS/c1-24-18-6-4-5-16(13-18)21-20-22-19(14-25-20)15-7-9-17(10-8-15)23-11-2-3-12-23/h4-10,13-14H,2-3,11-12H2,1H3,(H,21,22). The van der Waals surface area contributed by atoms with Gasteiger partial charge in [0.2, 0.25) is 0 Å². The van der Waals surface area contributed by atoms with Crippen LogP contribution in [-0.2, 0) is 0 Å². The van der Waals surface area contributed by atoms with E-state index in [0.717, 1.165) is 27.8 Å². The van der Waals surface area contributed by atoms with Crippen LogP contribution < -0.4 is 15.0 Å². The molecule has 4 rings (SSSR count). The summed E-state index contributed by atoms with van der Waals surface area (Å²) in [6, 6.07) is 16.6. The van der Waals surface area contributed by atoms with E-state index in [-0.39, 0.29) is 0 Å². The molecule has 0 saturated carbocycles. The molecule has 0 bridgehead atoms. The van der Waals surface area contributed by atoms with Crippen molar-refractivity contribution in [3.63, 3.8) is 0 Å². The highest BCUT2D eigenvalue weighted by Gasteiger charge is 2.12. The molecule has 2 heterocycles. The van der Waals surface area contributed by atoms with Crippen LogP contribution in [0.1, 0.15) is 12.8 Å². The topological polar surface area (TPSA) is 37.4 Å². The van der Waals surface area contributed by atoms with Crippen LogP contribution in [0.25, 0.3) is 11.3 Å². The number of hydrogen-bond acceptors (Lipinski definition) is 5. The quantitative estimate of drug-likeness (QED) is 0.689. The lowest BCUT2D eigenvalue weighted by atomic mass is 10.1. The summed E-state index contributed by atoms with van der Waals surface area (Å²) in [7, 11) is 1.67. The van der Waals surface area contributed by atoms with E-state index in [0.29, 0.717) is 0 Å². The number of aromatic nitrogens is 1. The molecule has 0 radical (unpaired) electrons. The first-order chi connectivity index (χ1) is 12.3. The monoisotopic (exact) mass is 351 g/mol. The predicted molar refractivity (Wildman–Crippen MR) is 105 cm³/mol. The van der Waals surface area contributed by atoms with Gasteiger partial charge in [-0.05, 0) is 37.1 Å². The molecule has 0 aliphatic carbocycles.